The number of hydrogen-bond acceptors (Lipinski definition) is 2. The van der Waals surface area contributed by atoms with Crippen LogP contribution in [-0.4, -0.2) is 29.9 Å². The fraction of sp³-hybridized carbons (Fsp3) is 0.391. The molecule has 1 unspecified atom stereocenters. The molecule has 0 radical (unpaired) electrons. The minimum absolute atomic E-state index is 0.0336. The van der Waals surface area contributed by atoms with Crippen LogP contribution >= 0.6 is 11.6 Å². The lowest BCUT2D eigenvalue weighted by Crippen LogP contribution is -2.39. The minimum atomic E-state index is 0.0336. The van der Waals surface area contributed by atoms with Crippen LogP contribution in [0.15, 0.2) is 53.5 Å². The van der Waals surface area contributed by atoms with Gasteiger partial charge >= 0.3 is 0 Å². The number of carbonyl (C=O) groups is 1. The lowest BCUT2D eigenvalue weighted by Gasteiger charge is -2.19. The molecule has 1 aliphatic heterocycles. The summed E-state index contributed by atoms with van der Waals surface area (Å²) in [5, 5.41) is 7.38. The zero-order valence-corrected chi connectivity index (χ0v) is 17.9. The lowest BCUT2D eigenvalue weighted by molar-refractivity contribution is -0.131. The van der Waals surface area contributed by atoms with Crippen molar-refractivity contribution in [2.45, 2.75) is 45.8 Å². The Hall–Kier alpha value is -2.53. The van der Waals surface area contributed by atoms with Crippen molar-refractivity contribution in [2.75, 3.05) is 13.1 Å². The van der Waals surface area contributed by atoms with E-state index in [1.54, 1.807) is 0 Å². The molecule has 29 heavy (non-hydrogen) atoms. The summed E-state index contributed by atoms with van der Waals surface area (Å²) in [6.45, 7) is 6.90. The molecule has 0 aliphatic carbocycles. The van der Waals surface area contributed by atoms with Gasteiger partial charge in [-0.05, 0) is 43.0 Å². The highest BCUT2D eigenvalue weighted by molar-refractivity contribution is 6.31. The second-order valence-corrected chi connectivity index (χ2v) is 7.68. The first-order chi connectivity index (χ1) is 14.1. The summed E-state index contributed by atoms with van der Waals surface area (Å²) in [5.74, 6) is 0.930. The van der Waals surface area contributed by atoms with Gasteiger partial charge in [-0.15, -0.1) is 0 Å². The molecule has 154 valence electrons. The van der Waals surface area contributed by atoms with Gasteiger partial charge in [-0.2, -0.15) is 0 Å². The number of halogens is 1. The van der Waals surface area contributed by atoms with Crippen LogP contribution in [0.2, 0.25) is 5.02 Å². The summed E-state index contributed by atoms with van der Waals surface area (Å²) in [5.41, 5.74) is 3.54. The maximum Gasteiger partial charge on any atom is 0.223 e. The Morgan fingerprint density at radius 1 is 1.14 bits per heavy atom. The van der Waals surface area contributed by atoms with Gasteiger partial charge in [0, 0.05) is 37.6 Å². The number of hydrogen-bond donors (Lipinski definition) is 2. The predicted molar refractivity (Wildman–Crippen MR) is 119 cm³/mol. The average Bonchev–Trinajstić information content (AvgIpc) is 3.16. The van der Waals surface area contributed by atoms with Crippen LogP contribution in [0.3, 0.4) is 0 Å². The topological polar surface area (TPSA) is 56.7 Å². The van der Waals surface area contributed by atoms with Crippen LogP contribution in [-0.2, 0) is 17.9 Å². The molecule has 1 amide bonds. The Labute approximate surface area is 178 Å². The van der Waals surface area contributed by atoms with Gasteiger partial charge in [-0.3, -0.25) is 9.79 Å². The molecule has 0 saturated carbocycles. The van der Waals surface area contributed by atoms with E-state index in [2.05, 4.69) is 34.7 Å². The Kier molecular flexibility index (Phi) is 7.53. The molecule has 5 nitrogen and oxygen atoms in total. The standard InChI is InChI=1S/C23H29ClN4O/c1-3-25-23(27-17(2)20-11-6-7-12-21(20)24)26-14-8-13-22(29)28-15-18-9-4-5-10-19(18)16-28/h4-7,9-12,17H,3,8,13-16H2,1-2H3,(H2,25,26,27). The van der Waals surface area contributed by atoms with Gasteiger partial charge in [0.15, 0.2) is 5.96 Å². The van der Waals surface area contributed by atoms with E-state index < -0.39 is 0 Å². The van der Waals surface area contributed by atoms with E-state index in [0.717, 1.165) is 42.6 Å². The molecule has 1 aliphatic rings. The minimum Gasteiger partial charge on any atom is -0.357 e. The first-order valence-electron chi connectivity index (χ1n) is 10.2. The quantitative estimate of drug-likeness (QED) is 0.405. The van der Waals surface area contributed by atoms with Crippen molar-refractivity contribution in [3.05, 3.63) is 70.2 Å². The second kappa shape index (κ2) is 10.3. The van der Waals surface area contributed by atoms with E-state index in [0.29, 0.717) is 13.0 Å². The molecule has 2 aromatic carbocycles. The van der Waals surface area contributed by atoms with Gasteiger partial charge in [-0.25, -0.2) is 0 Å². The number of benzene rings is 2. The predicted octanol–water partition coefficient (Wildman–Crippen LogP) is 4.28. The maximum atomic E-state index is 12.5. The number of rotatable bonds is 7. The number of guanidine groups is 1. The van der Waals surface area contributed by atoms with Gasteiger partial charge in [0.1, 0.15) is 0 Å². The van der Waals surface area contributed by atoms with Crippen LogP contribution in [0.25, 0.3) is 0 Å². The Bertz CT molecular complexity index is 842. The summed E-state index contributed by atoms with van der Waals surface area (Å²) >= 11 is 6.29. The number of fused-ring (bicyclic) bond motifs is 1. The maximum absolute atomic E-state index is 12.5. The molecule has 0 aromatic heterocycles. The second-order valence-electron chi connectivity index (χ2n) is 7.27. The van der Waals surface area contributed by atoms with Gasteiger partial charge < -0.3 is 15.5 Å². The first kappa shape index (κ1) is 21.2. The smallest absolute Gasteiger partial charge is 0.223 e. The lowest BCUT2D eigenvalue weighted by atomic mass is 10.1. The van der Waals surface area contributed by atoms with Crippen LogP contribution < -0.4 is 10.6 Å². The van der Waals surface area contributed by atoms with E-state index in [-0.39, 0.29) is 11.9 Å². The van der Waals surface area contributed by atoms with Crippen molar-refractivity contribution in [1.29, 1.82) is 0 Å². The third-order valence-corrected chi connectivity index (χ3v) is 5.43. The first-order valence-corrected chi connectivity index (χ1v) is 10.6. The van der Waals surface area contributed by atoms with Gasteiger partial charge in [0.05, 0.1) is 6.04 Å². The Balaban J connectivity index is 1.48. The van der Waals surface area contributed by atoms with E-state index in [9.17, 15) is 4.79 Å². The molecule has 0 spiro atoms. The summed E-state index contributed by atoms with van der Waals surface area (Å²) < 4.78 is 0. The number of amides is 1. The van der Waals surface area contributed by atoms with Crippen LogP contribution in [0, 0.1) is 0 Å². The Morgan fingerprint density at radius 3 is 2.45 bits per heavy atom. The third-order valence-electron chi connectivity index (χ3n) is 5.08. The summed E-state index contributed by atoms with van der Waals surface area (Å²) in [6.07, 6.45) is 1.24. The van der Waals surface area contributed by atoms with Crippen LogP contribution in [0.4, 0.5) is 0 Å². The van der Waals surface area contributed by atoms with Gasteiger partial charge in [0.2, 0.25) is 5.91 Å². The molecule has 0 bridgehead atoms. The molecule has 1 atom stereocenters. The third kappa shape index (κ3) is 5.73. The summed E-state index contributed by atoms with van der Waals surface area (Å²) in [4.78, 5) is 19.1. The zero-order valence-electron chi connectivity index (χ0n) is 17.1. The summed E-state index contributed by atoms with van der Waals surface area (Å²) in [7, 11) is 0. The molecule has 2 aromatic rings. The van der Waals surface area contributed by atoms with Crippen molar-refractivity contribution < 1.29 is 4.79 Å². The zero-order chi connectivity index (χ0) is 20.6. The molecule has 3 rings (SSSR count). The van der Waals surface area contributed by atoms with E-state index >= 15 is 0 Å². The van der Waals surface area contributed by atoms with E-state index in [1.807, 2.05) is 48.2 Å². The van der Waals surface area contributed by atoms with E-state index in [1.165, 1.54) is 11.1 Å². The van der Waals surface area contributed by atoms with Gasteiger partial charge in [-0.1, -0.05) is 54.1 Å². The molecule has 1 heterocycles. The van der Waals surface area contributed by atoms with Crippen molar-refractivity contribution in [3.8, 4) is 0 Å². The molecule has 0 saturated heterocycles. The average molecular weight is 413 g/mol. The van der Waals surface area contributed by atoms with E-state index in [4.69, 9.17) is 11.6 Å². The fourth-order valence-corrected chi connectivity index (χ4v) is 3.82. The summed E-state index contributed by atoms with van der Waals surface area (Å²) in [6, 6.07) is 16.1. The normalized spacial score (nSPS) is 14.4. The molecular formula is C23H29ClN4O. The molecule has 6 heteroatoms. The van der Waals surface area contributed by atoms with Crippen molar-refractivity contribution in [1.82, 2.24) is 15.5 Å². The molecular weight excluding hydrogens is 384 g/mol. The van der Waals surface area contributed by atoms with Gasteiger partial charge in [0.25, 0.3) is 0 Å². The fourth-order valence-electron chi connectivity index (χ4n) is 3.52. The number of nitrogens with one attached hydrogen (secondary N) is 2. The number of carbonyl (C=O) groups excluding carboxylic acids is 1. The molecule has 0 fully saturated rings. The van der Waals surface area contributed by atoms with Crippen molar-refractivity contribution >= 4 is 23.5 Å². The largest absolute Gasteiger partial charge is 0.357 e. The van der Waals surface area contributed by atoms with Crippen molar-refractivity contribution in [3.63, 3.8) is 0 Å². The highest BCUT2D eigenvalue weighted by Crippen LogP contribution is 2.23. The number of nitrogens with zero attached hydrogens (tertiary/aromatic N) is 2. The highest BCUT2D eigenvalue weighted by atomic mass is 35.5. The Morgan fingerprint density at radius 2 is 1.79 bits per heavy atom. The monoisotopic (exact) mass is 412 g/mol. The SMILES string of the molecule is CCNC(=NCCCC(=O)N1Cc2ccccc2C1)NC(C)c1ccccc1Cl. The van der Waals surface area contributed by atoms with Crippen LogP contribution in [0.1, 0.15) is 49.4 Å². The van der Waals surface area contributed by atoms with Crippen LogP contribution in [0.5, 0.6) is 0 Å². The van der Waals surface area contributed by atoms with Crippen molar-refractivity contribution in [2.24, 2.45) is 4.99 Å². The molecule has 2 N–H and O–H groups in total. The highest BCUT2D eigenvalue weighted by Gasteiger charge is 2.22. The number of aliphatic imine (C=N–C) groups is 1.